The third-order valence-electron chi connectivity index (χ3n) is 1.72. The van der Waals surface area contributed by atoms with Gasteiger partial charge in [0.2, 0.25) is 0 Å². The van der Waals surface area contributed by atoms with Crippen molar-refractivity contribution < 1.29 is 29.6 Å². The molecule has 1 rings (SSSR count). The van der Waals surface area contributed by atoms with Crippen LogP contribution in [0.15, 0.2) is 0 Å². The molecule has 0 amide bonds. The van der Waals surface area contributed by atoms with Crippen LogP contribution in [-0.4, -0.2) is 0 Å². The van der Waals surface area contributed by atoms with Crippen LogP contribution in [0.1, 0.15) is 32.1 Å². The Morgan fingerprint density at radius 1 is 1.00 bits per heavy atom. The van der Waals surface area contributed by atoms with Gasteiger partial charge in [-0.05, 0) is 0 Å². The van der Waals surface area contributed by atoms with Crippen molar-refractivity contribution in [2.75, 3.05) is 0 Å². The van der Waals surface area contributed by atoms with Crippen LogP contribution in [0.3, 0.4) is 0 Å². The zero-order chi connectivity index (χ0) is 5.11. The van der Waals surface area contributed by atoms with Gasteiger partial charge in [-0.25, -0.2) is 0 Å². The van der Waals surface area contributed by atoms with E-state index in [4.69, 9.17) is 0 Å². The van der Waals surface area contributed by atoms with Gasteiger partial charge in [0.15, 0.2) is 0 Å². The molecule has 0 spiro atoms. The van der Waals surface area contributed by atoms with Gasteiger partial charge in [0, 0.05) is 0 Å². The summed E-state index contributed by atoms with van der Waals surface area (Å²) >= 11 is 0. The summed E-state index contributed by atoms with van der Waals surface area (Å²) in [6.07, 6.45) is 7.05. The van der Waals surface area contributed by atoms with Crippen molar-refractivity contribution in [1.82, 2.24) is 0 Å². The van der Waals surface area contributed by atoms with E-state index in [2.05, 4.69) is 6.92 Å². The Balaban J connectivity index is 0.000000490. The molecule has 0 aromatic carbocycles. The second kappa shape index (κ2) is 4.84. The van der Waals surface area contributed by atoms with E-state index in [1.54, 1.807) is 0 Å². The maximum atomic E-state index is 4.00. The Bertz CT molecular complexity index is 46.3. The molecule has 1 aliphatic carbocycles. The van der Waals surface area contributed by atoms with Crippen molar-refractivity contribution in [3.63, 3.8) is 0 Å². The predicted octanol–water partition coefficient (Wildman–Crippen LogP) is -0.595. The van der Waals surface area contributed by atoms with E-state index in [1.165, 1.54) is 32.1 Å². The van der Waals surface area contributed by atoms with Crippen LogP contribution in [0, 0.1) is 12.8 Å². The molecule has 0 aliphatic heterocycles. The molecule has 1 fully saturated rings. The number of hydrogen-bond acceptors (Lipinski definition) is 0. The first-order chi connectivity index (χ1) is 3.39. The largest absolute Gasteiger partial charge is 1.00 e. The average molecular weight is 120 g/mol. The minimum atomic E-state index is 0. The standard InChI is InChI=1S/C7H13.Na/c1-7-5-3-2-4-6-7;/h7H,1-6H2;/q-1;+1. The molecule has 8 heavy (non-hydrogen) atoms. The van der Waals surface area contributed by atoms with Gasteiger partial charge in [-0.1, -0.05) is 32.1 Å². The Morgan fingerprint density at radius 2 is 1.50 bits per heavy atom. The molecule has 0 aromatic rings. The molecule has 0 unspecified atom stereocenters. The Morgan fingerprint density at radius 3 is 1.75 bits per heavy atom. The summed E-state index contributed by atoms with van der Waals surface area (Å²) in [7, 11) is 0. The van der Waals surface area contributed by atoms with E-state index in [1.807, 2.05) is 0 Å². The summed E-state index contributed by atoms with van der Waals surface area (Å²) in [6, 6.07) is 0. The average Bonchev–Trinajstić information content (AvgIpc) is 1.69. The zero-order valence-electron chi connectivity index (χ0n) is 5.82. The molecule has 0 N–H and O–H groups in total. The molecule has 0 bridgehead atoms. The quantitative estimate of drug-likeness (QED) is 0.296. The molecule has 1 saturated carbocycles. The molecule has 0 radical (unpaired) electrons. The van der Waals surface area contributed by atoms with Gasteiger partial charge in [-0.3, -0.25) is 0 Å². The van der Waals surface area contributed by atoms with E-state index in [0.29, 0.717) is 0 Å². The topological polar surface area (TPSA) is 0 Å². The molecule has 0 heterocycles. The monoisotopic (exact) mass is 120 g/mol. The molecule has 0 nitrogen and oxygen atoms in total. The van der Waals surface area contributed by atoms with Crippen LogP contribution in [0.5, 0.6) is 0 Å². The van der Waals surface area contributed by atoms with E-state index in [-0.39, 0.29) is 29.6 Å². The van der Waals surface area contributed by atoms with Crippen LogP contribution in [0.2, 0.25) is 0 Å². The van der Waals surface area contributed by atoms with Crippen LogP contribution in [-0.2, 0) is 0 Å². The zero-order valence-corrected chi connectivity index (χ0v) is 7.82. The third-order valence-corrected chi connectivity index (χ3v) is 1.72. The first-order valence-corrected chi connectivity index (χ1v) is 3.22. The molecule has 0 saturated heterocycles. The first-order valence-electron chi connectivity index (χ1n) is 3.22. The van der Waals surface area contributed by atoms with Crippen LogP contribution >= 0.6 is 0 Å². The van der Waals surface area contributed by atoms with E-state index < -0.39 is 0 Å². The molecule has 42 valence electrons. The molecule has 1 aliphatic rings. The summed E-state index contributed by atoms with van der Waals surface area (Å²) in [5.41, 5.74) is 0. The maximum absolute atomic E-state index is 4.00. The fourth-order valence-corrected chi connectivity index (χ4v) is 1.19. The summed E-state index contributed by atoms with van der Waals surface area (Å²) in [5.74, 6) is 0.786. The second-order valence-corrected chi connectivity index (χ2v) is 2.50. The fourth-order valence-electron chi connectivity index (χ4n) is 1.19. The van der Waals surface area contributed by atoms with Crippen LogP contribution < -0.4 is 29.6 Å². The Labute approximate surface area is 74.3 Å². The van der Waals surface area contributed by atoms with Gasteiger partial charge in [0.1, 0.15) is 0 Å². The van der Waals surface area contributed by atoms with Crippen molar-refractivity contribution in [2.45, 2.75) is 32.1 Å². The SMILES string of the molecule is [CH2-]C1CCCCC1.[Na+]. The molecule has 1 heteroatoms. The molecule has 0 atom stereocenters. The second-order valence-electron chi connectivity index (χ2n) is 2.50. The summed E-state index contributed by atoms with van der Waals surface area (Å²) < 4.78 is 0. The normalized spacial score (nSPS) is 22.1. The first kappa shape index (κ1) is 9.00. The third kappa shape index (κ3) is 3.11. The van der Waals surface area contributed by atoms with Crippen LogP contribution in [0.4, 0.5) is 0 Å². The van der Waals surface area contributed by atoms with Crippen molar-refractivity contribution in [2.24, 2.45) is 5.92 Å². The number of hydrogen-bond donors (Lipinski definition) is 0. The number of rotatable bonds is 0. The minimum absolute atomic E-state index is 0. The van der Waals surface area contributed by atoms with E-state index in [9.17, 15) is 0 Å². The fraction of sp³-hybridized carbons (Fsp3) is 0.857. The molecular formula is C7H13Na. The van der Waals surface area contributed by atoms with Crippen molar-refractivity contribution in [1.29, 1.82) is 0 Å². The smallest absolute Gasteiger partial charge is 0.340 e. The van der Waals surface area contributed by atoms with Crippen molar-refractivity contribution in [3.8, 4) is 0 Å². The van der Waals surface area contributed by atoms with Crippen molar-refractivity contribution >= 4 is 0 Å². The molecular weight excluding hydrogens is 107 g/mol. The summed E-state index contributed by atoms with van der Waals surface area (Å²) in [5, 5.41) is 0. The van der Waals surface area contributed by atoms with Gasteiger partial charge < -0.3 is 6.92 Å². The summed E-state index contributed by atoms with van der Waals surface area (Å²) in [4.78, 5) is 0. The van der Waals surface area contributed by atoms with E-state index >= 15 is 0 Å². The Hall–Kier alpha value is 1.00. The van der Waals surface area contributed by atoms with Crippen molar-refractivity contribution in [3.05, 3.63) is 6.92 Å². The van der Waals surface area contributed by atoms with Gasteiger partial charge in [-0.2, -0.15) is 5.92 Å². The van der Waals surface area contributed by atoms with E-state index in [0.717, 1.165) is 5.92 Å². The van der Waals surface area contributed by atoms with Gasteiger partial charge in [0.05, 0.1) is 0 Å². The predicted molar refractivity (Wildman–Crippen MR) is 31.9 cm³/mol. The van der Waals surface area contributed by atoms with Gasteiger partial charge >= 0.3 is 29.6 Å². The van der Waals surface area contributed by atoms with Crippen LogP contribution in [0.25, 0.3) is 0 Å². The van der Waals surface area contributed by atoms with Gasteiger partial charge in [-0.15, -0.1) is 0 Å². The minimum Gasteiger partial charge on any atom is -0.340 e. The van der Waals surface area contributed by atoms with Gasteiger partial charge in [0.25, 0.3) is 0 Å². The summed E-state index contributed by atoms with van der Waals surface area (Å²) in [6.45, 7) is 4.00. The maximum Gasteiger partial charge on any atom is 1.00 e. The Kier molecular flexibility index (Phi) is 5.44. The molecule has 0 aromatic heterocycles.